The van der Waals surface area contributed by atoms with Gasteiger partial charge in [0.05, 0.1) is 17.4 Å². The molecule has 0 saturated heterocycles. The molecule has 2 amide bonds. The lowest BCUT2D eigenvalue weighted by Crippen LogP contribution is -2.22. The quantitative estimate of drug-likeness (QED) is 0.894. The van der Waals surface area contributed by atoms with Crippen molar-refractivity contribution in [3.8, 4) is 5.69 Å². The summed E-state index contributed by atoms with van der Waals surface area (Å²) in [6, 6.07) is 4.57. The first-order valence-electron chi connectivity index (χ1n) is 5.04. The lowest BCUT2D eigenvalue weighted by atomic mass is 10.2. The average Bonchev–Trinajstić information content (AvgIpc) is 2.71. The molecule has 1 aromatic carbocycles. The fourth-order valence-electron chi connectivity index (χ4n) is 1.62. The molecule has 2 aromatic rings. The first kappa shape index (κ1) is 13.4. The summed E-state index contributed by atoms with van der Waals surface area (Å²) in [5.41, 5.74) is 10.6. The number of primary amides is 2. The molecule has 0 aliphatic rings. The molecule has 1 heterocycles. The van der Waals surface area contributed by atoms with E-state index in [2.05, 4.69) is 5.10 Å². The van der Waals surface area contributed by atoms with Gasteiger partial charge in [-0.25, -0.2) is 4.68 Å². The maximum absolute atomic E-state index is 11.4. The van der Waals surface area contributed by atoms with Crippen LogP contribution in [0.2, 0.25) is 10.0 Å². The van der Waals surface area contributed by atoms with Crippen LogP contribution in [0.1, 0.15) is 20.8 Å². The SMILES string of the molecule is NC(=O)c1cnn(-c2cc(Cl)cc(Cl)c2)c1C(N)=O. The Hall–Kier alpha value is -2.05. The van der Waals surface area contributed by atoms with Crippen molar-refractivity contribution in [1.82, 2.24) is 9.78 Å². The topological polar surface area (TPSA) is 104 Å². The van der Waals surface area contributed by atoms with Crippen LogP contribution < -0.4 is 11.5 Å². The van der Waals surface area contributed by atoms with E-state index in [1.54, 1.807) is 0 Å². The molecule has 0 radical (unpaired) electrons. The molecule has 0 atom stereocenters. The van der Waals surface area contributed by atoms with Gasteiger partial charge in [-0.2, -0.15) is 5.10 Å². The Bertz CT molecular complexity index is 661. The van der Waals surface area contributed by atoms with Crippen LogP contribution >= 0.6 is 23.2 Å². The molecule has 0 bridgehead atoms. The molecular formula is C11H8Cl2N4O2. The standard InChI is InChI=1S/C11H8Cl2N4O2/c12-5-1-6(13)3-7(2-5)17-9(11(15)19)8(4-16-17)10(14)18/h1-4H,(H2,14,18)(H2,15,19). The van der Waals surface area contributed by atoms with E-state index in [-0.39, 0.29) is 11.3 Å². The minimum atomic E-state index is -0.831. The van der Waals surface area contributed by atoms with Crippen LogP contribution in [0.25, 0.3) is 5.69 Å². The van der Waals surface area contributed by atoms with Crippen LogP contribution in [0.15, 0.2) is 24.4 Å². The fourth-order valence-corrected chi connectivity index (χ4v) is 2.14. The summed E-state index contributed by atoms with van der Waals surface area (Å²) in [7, 11) is 0. The third-order valence-corrected chi connectivity index (χ3v) is 2.80. The van der Waals surface area contributed by atoms with Crippen molar-refractivity contribution >= 4 is 35.0 Å². The number of rotatable bonds is 3. The molecule has 2 rings (SSSR count). The Morgan fingerprint density at radius 3 is 2.11 bits per heavy atom. The molecule has 19 heavy (non-hydrogen) atoms. The first-order chi connectivity index (χ1) is 8.90. The number of hydrogen-bond acceptors (Lipinski definition) is 3. The van der Waals surface area contributed by atoms with Gasteiger partial charge in [-0.3, -0.25) is 9.59 Å². The summed E-state index contributed by atoms with van der Waals surface area (Å²) in [5, 5.41) is 4.62. The fraction of sp³-hybridized carbons (Fsp3) is 0. The highest BCUT2D eigenvalue weighted by Crippen LogP contribution is 2.23. The number of amides is 2. The van der Waals surface area contributed by atoms with Gasteiger partial charge < -0.3 is 11.5 Å². The summed E-state index contributed by atoms with van der Waals surface area (Å²) in [6.45, 7) is 0. The molecule has 0 aliphatic carbocycles. The molecule has 6 nitrogen and oxygen atoms in total. The van der Waals surface area contributed by atoms with Crippen molar-refractivity contribution in [3.05, 3.63) is 45.7 Å². The van der Waals surface area contributed by atoms with Crippen LogP contribution in [0.5, 0.6) is 0 Å². The molecule has 0 unspecified atom stereocenters. The Morgan fingerprint density at radius 1 is 1.05 bits per heavy atom. The highest BCUT2D eigenvalue weighted by atomic mass is 35.5. The second-order valence-electron chi connectivity index (χ2n) is 3.67. The maximum atomic E-state index is 11.4. The zero-order valence-electron chi connectivity index (χ0n) is 9.43. The average molecular weight is 299 g/mol. The van der Waals surface area contributed by atoms with Crippen LogP contribution in [0, 0.1) is 0 Å². The number of halogens is 2. The number of hydrogen-bond donors (Lipinski definition) is 2. The smallest absolute Gasteiger partial charge is 0.268 e. The summed E-state index contributed by atoms with van der Waals surface area (Å²) < 4.78 is 1.17. The van der Waals surface area contributed by atoms with E-state index in [0.717, 1.165) is 6.20 Å². The van der Waals surface area contributed by atoms with Crippen molar-refractivity contribution in [3.63, 3.8) is 0 Å². The van der Waals surface area contributed by atoms with Crippen molar-refractivity contribution in [2.45, 2.75) is 0 Å². The van der Waals surface area contributed by atoms with Gasteiger partial charge in [-0.05, 0) is 18.2 Å². The number of aromatic nitrogens is 2. The zero-order chi connectivity index (χ0) is 14.2. The third-order valence-electron chi connectivity index (χ3n) is 2.36. The van der Waals surface area contributed by atoms with Crippen LogP contribution in [-0.2, 0) is 0 Å². The molecule has 0 saturated carbocycles. The van der Waals surface area contributed by atoms with Crippen molar-refractivity contribution in [2.24, 2.45) is 11.5 Å². The second kappa shape index (κ2) is 4.91. The Labute approximate surface area is 117 Å². The Balaban J connectivity index is 2.69. The minimum Gasteiger partial charge on any atom is -0.365 e. The van der Waals surface area contributed by atoms with Crippen molar-refractivity contribution < 1.29 is 9.59 Å². The Morgan fingerprint density at radius 2 is 1.63 bits per heavy atom. The third kappa shape index (κ3) is 2.54. The monoisotopic (exact) mass is 298 g/mol. The normalized spacial score (nSPS) is 10.4. The van der Waals surface area contributed by atoms with Gasteiger partial charge in [0.2, 0.25) is 0 Å². The summed E-state index contributed by atoms with van der Waals surface area (Å²) >= 11 is 11.7. The number of carbonyl (C=O) groups excluding carboxylic acids is 2. The summed E-state index contributed by atoms with van der Waals surface area (Å²) in [5.74, 6) is -1.63. The van der Waals surface area contributed by atoms with E-state index in [4.69, 9.17) is 34.7 Å². The van der Waals surface area contributed by atoms with E-state index in [9.17, 15) is 9.59 Å². The van der Waals surface area contributed by atoms with Crippen LogP contribution in [-0.4, -0.2) is 21.6 Å². The molecular weight excluding hydrogens is 291 g/mol. The van der Waals surface area contributed by atoms with E-state index in [1.807, 2.05) is 0 Å². The predicted molar refractivity (Wildman–Crippen MR) is 70.6 cm³/mol. The van der Waals surface area contributed by atoms with Gasteiger partial charge in [-0.15, -0.1) is 0 Å². The highest BCUT2D eigenvalue weighted by Gasteiger charge is 2.21. The van der Waals surface area contributed by atoms with Gasteiger partial charge in [0, 0.05) is 10.0 Å². The van der Waals surface area contributed by atoms with Gasteiger partial charge in [0.1, 0.15) is 5.69 Å². The Kier molecular flexibility index (Phi) is 3.46. The van der Waals surface area contributed by atoms with Crippen LogP contribution in [0.4, 0.5) is 0 Å². The lowest BCUT2D eigenvalue weighted by Gasteiger charge is -2.07. The number of nitrogens with zero attached hydrogens (tertiary/aromatic N) is 2. The largest absolute Gasteiger partial charge is 0.365 e. The first-order valence-corrected chi connectivity index (χ1v) is 5.80. The van der Waals surface area contributed by atoms with E-state index >= 15 is 0 Å². The number of nitrogens with two attached hydrogens (primary N) is 2. The zero-order valence-corrected chi connectivity index (χ0v) is 10.9. The van der Waals surface area contributed by atoms with Crippen LogP contribution in [0.3, 0.4) is 0 Å². The molecule has 0 spiro atoms. The molecule has 1 aromatic heterocycles. The lowest BCUT2D eigenvalue weighted by molar-refractivity contribution is 0.0963. The van der Waals surface area contributed by atoms with Crippen molar-refractivity contribution in [1.29, 1.82) is 0 Å². The summed E-state index contributed by atoms with van der Waals surface area (Å²) in [4.78, 5) is 22.7. The number of benzene rings is 1. The van der Waals surface area contributed by atoms with E-state index in [0.29, 0.717) is 15.7 Å². The van der Waals surface area contributed by atoms with Gasteiger partial charge in [0.25, 0.3) is 11.8 Å². The van der Waals surface area contributed by atoms with E-state index < -0.39 is 11.8 Å². The second-order valence-corrected chi connectivity index (χ2v) is 4.55. The minimum absolute atomic E-state index is 0.0661. The molecule has 0 aliphatic heterocycles. The molecule has 98 valence electrons. The van der Waals surface area contributed by atoms with Gasteiger partial charge in [0.15, 0.2) is 0 Å². The molecule has 8 heteroatoms. The summed E-state index contributed by atoms with van der Waals surface area (Å²) in [6.07, 6.45) is 1.16. The van der Waals surface area contributed by atoms with E-state index in [1.165, 1.54) is 22.9 Å². The maximum Gasteiger partial charge on any atom is 0.268 e. The van der Waals surface area contributed by atoms with Gasteiger partial charge >= 0.3 is 0 Å². The van der Waals surface area contributed by atoms with Gasteiger partial charge in [-0.1, -0.05) is 23.2 Å². The molecule has 0 fully saturated rings. The van der Waals surface area contributed by atoms with Crippen molar-refractivity contribution in [2.75, 3.05) is 0 Å². The predicted octanol–water partition coefficient (Wildman–Crippen LogP) is 1.38. The highest BCUT2D eigenvalue weighted by molar-refractivity contribution is 6.34. The molecule has 4 N–H and O–H groups in total. The number of carbonyl (C=O) groups is 2.